The lowest BCUT2D eigenvalue weighted by atomic mass is 9.90. The second-order valence-electron chi connectivity index (χ2n) is 6.72. The van der Waals surface area contributed by atoms with Gasteiger partial charge >= 0.3 is 12.1 Å². The minimum atomic E-state index is -4.42. The van der Waals surface area contributed by atoms with Crippen molar-refractivity contribution < 1.29 is 27.9 Å². The van der Waals surface area contributed by atoms with Crippen molar-refractivity contribution in [3.05, 3.63) is 28.8 Å². The molecule has 9 heteroatoms. The van der Waals surface area contributed by atoms with Crippen molar-refractivity contribution in [2.45, 2.75) is 32.4 Å². The number of hydrogen-bond acceptors (Lipinski definition) is 4. The number of alkyl halides is 3. The summed E-state index contributed by atoms with van der Waals surface area (Å²) in [6.45, 7) is 2.20. The third-order valence-electron chi connectivity index (χ3n) is 4.65. The highest BCUT2D eigenvalue weighted by Gasteiger charge is 2.41. The standard InChI is InChI=1S/C17H17F3N2O3S/c1-16(15(24)25)6-7-22(9-16)14(23)5-4-13-21-11-8-10(17(18,19)20)2-3-12(11)26-13/h2-3,8H,4-7,9H2,1H3,(H,24,25). The van der Waals surface area contributed by atoms with E-state index in [9.17, 15) is 27.9 Å². The smallest absolute Gasteiger partial charge is 0.416 e. The number of rotatable bonds is 4. The Morgan fingerprint density at radius 2 is 2.12 bits per heavy atom. The number of benzene rings is 1. The van der Waals surface area contributed by atoms with Gasteiger partial charge in [0.2, 0.25) is 5.91 Å². The van der Waals surface area contributed by atoms with E-state index < -0.39 is 23.1 Å². The molecule has 3 rings (SSSR count). The molecule has 1 aliphatic heterocycles. The third-order valence-corrected chi connectivity index (χ3v) is 5.75. The molecule has 1 saturated heterocycles. The minimum absolute atomic E-state index is 0.154. The number of nitrogens with zero attached hydrogens (tertiary/aromatic N) is 2. The number of carboxylic acids is 1. The van der Waals surface area contributed by atoms with Gasteiger partial charge in [0.25, 0.3) is 0 Å². The Kier molecular flexibility index (Phi) is 4.68. The maximum absolute atomic E-state index is 12.8. The topological polar surface area (TPSA) is 70.5 Å². The van der Waals surface area contributed by atoms with E-state index in [1.165, 1.54) is 22.3 Å². The van der Waals surface area contributed by atoms with Gasteiger partial charge < -0.3 is 10.0 Å². The van der Waals surface area contributed by atoms with Crippen LogP contribution in [0.25, 0.3) is 10.2 Å². The van der Waals surface area contributed by atoms with E-state index in [0.717, 1.165) is 12.1 Å². The number of aromatic nitrogens is 1. The zero-order valence-corrected chi connectivity index (χ0v) is 14.8. The monoisotopic (exact) mass is 386 g/mol. The number of fused-ring (bicyclic) bond motifs is 1. The molecule has 140 valence electrons. The molecule has 0 radical (unpaired) electrons. The normalized spacial score (nSPS) is 20.7. The number of likely N-dealkylation sites (tertiary alicyclic amines) is 1. The molecule has 2 heterocycles. The van der Waals surface area contributed by atoms with E-state index in [4.69, 9.17) is 0 Å². The average Bonchev–Trinajstić information content (AvgIpc) is 3.15. The SMILES string of the molecule is CC1(C(=O)O)CCN(C(=O)CCc2nc3cc(C(F)(F)F)ccc3s2)C1. The first-order valence-electron chi connectivity index (χ1n) is 8.06. The fraction of sp³-hybridized carbons (Fsp3) is 0.471. The Labute approximate surface area is 151 Å². The quantitative estimate of drug-likeness (QED) is 0.872. The molecular weight excluding hydrogens is 369 g/mol. The van der Waals surface area contributed by atoms with Gasteiger partial charge in [-0.05, 0) is 31.5 Å². The van der Waals surface area contributed by atoms with Crippen LogP contribution in [0.1, 0.15) is 30.3 Å². The Bertz CT molecular complexity index is 865. The Hall–Kier alpha value is -2.16. The number of carboxylic acid groups (broad SMARTS) is 1. The Balaban J connectivity index is 1.65. The summed E-state index contributed by atoms with van der Waals surface area (Å²) in [5, 5.41) is 9.80. The van der Waals surface area contributed by atoms with Gasteiger partial charge in [-0.15, -0.1) is 11.3 Å². The van der Waals surface area contributed by atoms with Crippen LogP contribution in [0, 0.1) is 5.41 Å². The van der Waals surface area contributed by atoms with E-state index in [2.05, 4.69) is 4.98 Å². The van der Waals surface area contributed by atoms with Crippen LogP contribution in [0.3, 0.4) is 0 Å². The summed E-state index contributed by atoms with van der Waals surface area (Å²) < 4.78 is 38.9. The molecule has 0 saturated carbocycles. The first-order chi connectivity index (χ1) is 12.1. The number of aliphatic carboxylic acids is 1. The van der Waals surface area contributed by atoms with Gasteiger partial charge in [-0.1, -0.05) is 0 Å². The summed E-state index contributed by atoms with van der Waals surface area (Å²) in [4.78, 5) is 29.3. The van der Waals surface area contributed by atoms with Gasteiger partial charge in [0.15, 0.2) is 0 Å². The number of aryl methyl sites for hydroxylation is 1. The van der Waals surface area contributed by atoms with Crippen LogP contribution in [0.2, 0.25) is 0 Å². The zero-order valence-electron chi connectivity index (χ0n) is 14.0. The third kappa shape index (κ3) is 3.67. The number of amides is 1. The van der Waals surface area contributed by atoms with Crippen molar-refractivity contribution in [3.63, 3.8) is 0 Å². The number of halogens is 3. The van der Waals surface area contributed by atoms with Gasteiger partial charge in [-0.3, -0.25) is 9.59 Å². The maximum Gasteiger partial charge on any atom is 0.416 e. The van der Waals surface area contributed by atoms with Crippen LogP contribution in [0.5, 0.6) is 0 Å². The number of carbonyl (C=O) groups excluding carboxylic acids is 1. The molecule has 1 aliphatic rings. The van der Waals surface area contributed by atoms with E-state index >= 15 is 0 Å². The fourth-order valence-corrected chi connectivity index (χ4v) is 3.93. The summed E-state index contributed by atoms with van der Waals surface area (Å²) in [5.41, 5.74) is -1.39. The first-order valence-corrected chi connectivity index (χ1v) is 8.88. The molecule has 1 aromatic heterocycles. The van der Waals surface area contributed by atoms with Crippen molar-refractivity contribution in [1.82, 2.24) is 9.88 Å². The molecule has 5 nitrogen and oxygen atoms in total. The van der Waals surface area contributed by atoms with Crippen molar-refractivity contribution >= 4 is 33.4 Å². The largest absolute Gasteiger partial charge is 0.481 e. The summed E-state index contributed by atoms with van der Waals surface area (Å²) >= 11 is 1.26. The average molecular weight is 386 g/mol. The highest BCUT2D eigenvalue weighted by Crippen LogP contribution is 2.33. The van der Waals surface area contributed by atoms with E-state index in [0.29, 0.717) is 29.1 Å². The van der Waals surface area contributed by atoms with Crippen molar-refractivity contribution in [2.24, 2.45) is 5.41 Å². The first kappa shape index (κ1) is 18.6. The lowest BCUT2D eigenvalue weighted by Crippen LogP contribution is -2.34. The summed E-state index contributed by atoms with van der Waals surface area (Å²) in [6, 6.07) is 3.42. The number of hydrogen-bond donors (Lipinski definition) is 1. The number of thiazole rings is 1. The zero-order chi connectivity index (χ0) is 19.1. The van der Waals surface area contributed by atoms with Gasteiger partial charge in [0, 0.05) is 25.9 Å². The van der Waals surface area contributed by atoms with Crippen LogP contribution in [0.15, 0.2) is 18.2 Å². The second kappa shape index (κ2) is 6.53. The number of carbonyl (C=O) groups is 2. The molecule has 1 aromatic carbocycles. The molecular formula is C17H17F3N2O3S. The Morgan fingerprint density at radius 1 is 1.38 bits per heavy atom. The van der Waals surface area contributed by atoms with Gasteiger partial charge in [0.05, 0.1) is 26.2 Å². The molecule has 1 unspecified atom stereocenters. The van der Waals surface area contributed by atoms with Gasteiger partial charge in [-0.2, -0.15) is 13.2 Å². The molecule has 1 N–H and O–H groups in total. The van der Waals surface area contributed by atoms with Gasteiger partial charge in [-0.25, -0.2) is 4.98 Å². The second-order valence-corrected chi connectivity index (χ2v) is 7.83. The van der Waals surface area contributed by atoms with Crippen LogP contribution < -0.4 is 0 Å². The van der Waals surface area contributed by atoms with Crippen LogP contribution in [0.4, 0.5) is 13.2 Å². The van der Waals surface area contributed by atoms with Crippen LogP contribution in [-0.4, -0.2) is 40.0 Å². The molecule has 1 fully saturated rings. The highest BCUT2D eigenvalue weighted by molar-refractivity contribution is 7.18. The van der Waals surface area contributed by atoms with E-state index in [1.807, 2.05) is 0 Å². The summed E-state index contributed by atoms with van der Waals surface area (Å²) in [6.07, 6.45) is -3.53. The molecule has 1 atom stereocenters. The van der Waals surface area contributed by atoms with E-state index in [-0.39, 0.29) is 24.4 Å². The lowest BCUT2D eigenvalue weighted by Gasteiger charge is -2.20. The predicted octanol–water partition coefficient (Wildman–Crippen LogP) is 3.57. The van der Waals surface area contributed by atoms with Crippen LogP contribution >= 0.6 is 11.3 Å². The fourth-order valence-electron chi connectivity index (χ4n) is 2.98. The summed E-state index contributed by atoms with van der Waals surface area (Å²) in [5.74, 6) is -1.08. The lowest BCUT2D eigenvalue weighted by molar-refractivity contribution is -0.147. The highest BCUT2D eigenvalue weighted by atomic mass is 32.1. The summed E-state index contributed by atoms with van der Waals surface area (Å²) in [7, 11) is 0. The van der Waals surface area contributed by atoms with Crippen molar-refractivity contribution in [3.8, 4) is 0 Å². The van der Waals surface area contributed by atoms with Crippen LogP contribution in [-0.2, 0) is 22.2 Å². The molecule has 0 bridgehead atoms. The minimum Gasteiger partial charge on any atom is -0.481 e. The molecule has 2 aromatic rings. The molecule has 26 heavy (non-hydrogen) atoms. The predicted molar refractivity (Wildman–Crippen MR) is 89.9 cm³/mol. The Morgan fingerprint density at radius 3 is 2.73 bits per heavy atom. The van der Waals surface area contributed by atoms with Crippen molar-refractivity contribution in [2.75, 3.05) is 13.1 Å². The molecule has 1 amide bonds. The van der Waals surface area contributed by atoms with Crippen molar-refractivity contribution in [1.29, 1.82) is 0 Å². The maximum atomic E-state index is 12.8. The molecule has 0 spiro atoms. The van der Waals surface area contributed by atoms with Gasteiger partial charge in [0.1, 0.15) is 0 Å². The van der Waals surface area contributed by atoms with E-state index in [1.54, 1.807) is 6.92 Å². The molecule has 0 aliphatic carbocycles.